The van der Waals surface area contributed by atoms with Gasteiger partial charge in [-0.15, -0.1) is 0 Å². The second-order valence-corrected chi connectivity index (χ2v) is 5.17. The zero-order valence-electron chi connectivity index (χ0n) is 9.49. The van der Waals surface area contributed by atoms with Crippen molar-refractivity contribution in [2.75, 3.05) is 33.2 Å². The molecular formula is C11H20N2O2. The Hall–Kier alpha value is -0.610. The van der Waals surface area contributed by atoms with Gasteiger partial charge in [0, 0.05) is 18.5 Å². The Labute approximate surface area is 90.6 Å². The summed E-state index contributed by atoms with van der Waals surface area (Å²) in [7, 11) is 2.09. The molecule has 1 spiro atoms. The van der Waals surface area contributed by atoms with E-state index >= 15 is 0 Å². The van der Waals surface area contributed by atoms with Crippen LogP contribution in [0.5, 0.6) is 0 Å². The Morgan fingerprint density at radius 2 is 2.27 bits per heavy atom. The van der Waals surface area contributed by atoms with Crippen LogP contribution in [0.15, 0.2) is 0 Å². The average Bonchev–Trinajstić information content (AvgIpc) is 2.54. The van der Waals surface area contributed by atoms with Gasteiger partial charge in [-0.1, -0.05) is 6.92 Å². The number of rotatable bonds is 1. The van der Waals surface area contributed by atoms with E-state index in [0.717, 1.165) is 26.1 Å². The van der Waals surface area contributed by atoms with Crippen molar-refractivity contribution in [3.05, 3.63) is 0 Å². The maximum atomic E-state index is 11.3. The fourth-order valence-electron chi connectivity index (χ4n) is 3.27. The first-order valence-corrected chi connectivity index (χ1v) is 5.68. The van der Waals surface area contributed by atoms with E-state index < -0.39 is 5.97 Å². The molecule has 2 aliphatic heterocycles. The van der Waals surface area contributed by atoms with Crippen molar-refractivity contribution in [2.45, 2.75) is 13.3 Å². The molecule has 3 atom stereocenters. The van der Waals surface area contributed by atoms with Crippen molar-refractivity contribution < 1.29 is 9.90 Å². The first kappa shape index (κ1) is 10.9. The Balaban J connectivity index is 2.26. The molecule has 0 saturated carbocycles. The van der Waals surface area contributed by atoms with Gasteiger partial charge in [0.25, 0.3) is 0 Å². The number of nitrogens with zero attached hydrogens (tertiary/aromatic N) is 1. The number of piperidine rings is 1. The zero-order valence-corrected chi connectivity index (χ0v) is 9.49. The van der Waals surface area contributed by atoms with Crippen molar-refractivity contribution in [1.29, 1.82) is 0 Å². The molecule has 2 fully saturated rings. The van der Waals surface area contributed by atoms with Crippen molar-refractivity contribution in [1.82, 2.24) is 10.2 Å². The zero-order chi connectivity index (χ0) is 11.1. The summed E-state index contributed by atoms with van der Waals surface area (Å²) in [6, 6.07) is 0. The Kier molecular flexibility index (Phi) is 2.73. The molecule has 2 N–H and O–H groups in total. The summed E-state index contributed by atoms with van der Waals surface area (Å²) in [4.78, 5) is 13.6. The molecule has 0 aromatic heterocycles. The SMILES string of the molecule is CC1CNCC(C(=O)O)C12CCN(C)C2. The predicted molar refractivity (Wildman–Crippen MR) is 57.7 cm³/mol. The minimum atomic E-state index is -0.635. The van der Waals surface area contributed by atoms with Crippen LogP contribution in [0.3, 0.4) is 0 Å². The molecule has 0 aromatic carbocycles. The van der Waals surface area contributed by atoms with Gasteiger partial charge in [-0.05, 0) is 32.5 Å². The van der Waals surface area contributed by atoms with Crippen LogP contribution in [0.25, 0.3) is 0 Å². The molecule has 2 rings (SSSR count). The lowest BCUT2D eigenvalue weighted by Crippen LogP contribution is -2.54. The van der Waals surface area contributed by atoms with Gasteiger partial charge in [-0.2, -0.15) is 0 Å². The quantitative estimate of drug-likeness (QED) is 0.654. The maximum absolute atomic E-state index is 11.3. The summed E-state index contributed by atoms with van der Waals surface area (Å²) in [5, 5.41) is 12.5. The highest BCUT2D eigenvalue weighted by Crippen LogP contribution is 2.45. The monoisotopic (exact) mass is 212 g/mol. The standard InChI is InChI=1S/C11H20N2O2/c1-8-5-12-6-9(10(14)15)11(8)3-4-13(2)7-11/h8-9,12H,3-7H2,1-2H3,(H,14,15). The van der Waals surface area contributed by atoms with E-state index in [2.05, 4.69) is 24.2 Å². The molecule has 3 unspecified atom stereocenters. The fourth-order valence-corrected chi connectivity index (χ4v) is 3.27. The maximum Gasteiger partial charge on any atom is 0.308 e. The van der Waals surface area contributed by atoms with Gasteiger partial charge in [0.15, 0.2) is 0 Å². The van der Waals surface area contributed by atoms with Crippen LogP contribution in [-0.2, 0) is 4.79 Å². The highest BCUT2D eigenvalue weighted by molar-refractivity contribution is 5.72. The lowest BCUT2D eigenvalue weighted by molar-refractivity contribution is -0.149. The van der Waals surface area contributed by atoms with Gasteiger partial charge in [0.1, 0.15) is 0 Å². The van der Waals surface area contributed by atoms with Crippen LogP contribution in [0.4, 0.5) is 0 Å². The number of carbonyl (C=O) groups is 1. The van der Waals surface area contributed by atoms with Crippen LogP contribution in [0.1, 0.15) is 13.3 Å². The first-order valence-electron chi connectivity index (χ1n) is 5.68. The van der Waals surface area contributed by atoms with E-state index in [-0.39, 0.29) is 11.3 Å². The van der Waals surface area contributed by atoms with Crippen molar-refractivity contribution >= 4 is 5.97 Å². The van der Waals surface area contributed by atoms with Crippen LogP contribution in [0, 0.1) is 17.3 Å². The van der Waals surface area contributed by atoms with Crippen LogP contribution in [0.2, 0.25) is 0 Å². The summed E-state index contributed by atoms with van der Waals surface area (Å²) in [5.74, 6) is -0.396. The van der Waals surface area contributed by atoms with Crippen LogP contribution < -0.4 is 5.32 Å². The van der Waals surface area contributed by atoms with E-state index in [1.165, 1.54) is 0 Å². The third-order valence-corrected chi connectivity index (χ3v) is 4.30. The first-order chi connectivity index (χ1) is 7.06. The highest BCUT2D eigenvalue weighted by atomic mass is 16.4. The second-order valence-electron chi connectivity index (χ2n) is 5.17. The van der Waals surface area contributed by atoms with Gasteiger partial charge < -0.3 is 15.3 Å². The molecule has 86 valence electrons. The Morgan fingerprint density at radius 1 is 1.53 bits per heavy atom. The summed E-state index contributed by atoms with van der Waals surface area (Å²) < 4.78 is 0. The Morgan fingerprint density at radius 3 is 2.80 bits per heavy atom. The van der Waals surface area contributed by atoms with Crippen LogP contribution in [-0.4, -0.2) is 49.2 Å². The van der Waals surface area contributed by atoms with Gasteiger partial charge in [0.05, 0.1) is 5.92 Å². The molecule has 0 radical (unpaired) electrons. The number of hydrogen-bond acceptors (Lipinski definition) is 3. The lowest BCUT2D eigenvalue weighted by atomic mass is 9.64. The molecule has 0 bridgehead atoms. The summed E-state index contributed by atoms with van der Waals surface area (Å²) in [6.07, 6.45) is 1.03. The molecule has 4 nitrogen and oxygen atoms in total. The minimum Gasteiger partial charge on any atom is -0.481 e. The average molecular weight is 212 g/mol. The largest absolute Gasteiger partial charge is 0.481 e. The summed E-state index contributed by atoms with van der Waals surface area (Å²) in [6.45, 7) is 5.74. The van der Waals surface area contributed by atoms with E-state index in [1.54, 1.807) is 0 Å². The van der Waals surface area contributed by atoms with Crippen molar-refractivity contribution in [3.8, 4) is 0 Å². The molecule has 2 aliphatic rings. The molecule has 0 aliphatic carbocycles. The smallest absolute Gasteiger partial charge is 0.308 e. The van der Waals surface area contributed by atoms with Crippen molar-refractivity contribution in [3.63, 3.8) is 0 Å². The third-order valence-electron chi connectivity index (χ3n) is 4.30. The number of nitrogens with one attached hydrogen (secondary N) is 1. The fraction of sp³-hybridized carbons (Fsp3) is 0.909. The number of aliphatic carboxylic acids is 1. The lowest BCUT2D eigenvalue weighted by Gasteiger charge is -2.44. The normalized spacial score (nSPS) is 42.3. The number of likely N-dealkylation sites (tertiary alicyclic amines) is 1. The molecule has 4 heteroatoms. The molecule has 0 amide bonds. The minimum absolute atomic E-state index is 0.00579. The third kappa shape index (κ3) is 1.66. The number of carboxylic acids is 1. The second kappa shape index (κ2) is 3.76. The molecule has 0 aromatic rings. The van der Waals surface area contributed by atoms with Gasteiger partial charge >= 0.3 is 5.97 Å². The van der Waals surface area contributed by atoms with Gasteiger partial charge in [-0.3, -0.25) is 4.79 Å². The molecule has 15 heavy (non-hydrogen) atoms. The van der Waals surface area contributed by atoms with E-state index in [0.29, 0.717) is 12.5 Å². The highest BCUT2D eigenvalue weighted by Gasteiger charge is 2.51. The van der Waals surface area contributed by atoms with Crippen molar-refractivity contribution in [2.24, 2.45) is 17.3 Å². The van der Waals surface area contributed by atoms with E-state index in [1.807, 2.05) is 0 Å². The van der Waals surface area contributed by atoms with E-state index in [9.17, 15) is 9.90 Å². The summed E-state index contributed by atoms with van der Waals surface area (Å²) >= 11 is 0. The van der Waals surface area contributed by atoms with Crippen LogP contribution >= 0.6 is 0 Å². The topological polar surface area (TPSA) is 52.6 Å². The molecule has 2 saturated heterocycles. The van der Waals surface area contributed by atoms with Gasteiger partial charge in [0.2, 0.25) is 0 Å². The summed E-state index contributed by atoms with van der Waals surface area (Å²) in [5.41, 5.74) is 0.00579. The van der Waals surface area contributed by atoms with Gasteiger partial charge in [-0.25, -0.2) is 0 Å². The number of hydrogen-bond donors (Lipinski definition) is 2. The predicted octanol–water partition coefficient (Wildman–Crippen LogP) is 0.248. The molecular weight excluding hydrogens is 192 g/mol. The Bertz CT molecular complexity index is 269. The number of carboxylic acid groups (broad SMARTS) is 1. The van der Waals surface area contributed by atoms with E-state index in [4.69, 9.17) is 0 Å². The molecule has 2 heterocycles.